The number of hydrogen-bond acceptors (Lipinski definition) is 2. The molecule has 0 aromatic heterocycles. The number of allylic oxidation sites excluding steroid dienone is 3. The SMILES string of the molecule is C=CC(=O)OCC(C)/C=C/C=C/C. The van der Waals surface area contributed by atoms with Crippen LogP contribution in [0.5, 0.6) is 0 Å². The summed E-state index contributed by atoms with van der Waals surface area (Å²) in [6.45, 7) is 7.65. The van der Waals surface area contributed by atoms with E-state index in [0.29, 0.717) is 6.61 Å². The van der Waals surface area contributed by atoms with Gasteiger partial charge in [-0.25, -0.2) is 4.79 Å². The van der Waals surface area contributed by atoms with Crippen molar-refractivity contribution in [2.75, 3.05) is 6.61 Å². The zero-order chi connectivity index (χ0) is 10.1. The van der Waals surface area contributed by atoms with Gasteiger partial charge in [-0.2, -0.15) is 0 Å². The molecule has 2 nitrogen and oxygen atoms in total. The summed E-state index contributed by atoms with van der Waals surface area (Å²) in [7, 11) is 0. The van der Waals surface area contributed by atoms with Crippen molar-refractivity contribution in [2.24, 2.45) is 5.92 Å². The lowest BCUT2D eigenvalue weighted by Gasteiger charge is -2.05. The smallest absolute Gasteiger partial charge is 0.330 e. The molecule has 0 fully saturated rings. The van der Waals surface area contributed by atoms with Gasteiger partial charge in [0.1, 0.15) is 0 Å². The largest absolute Gasteiger partial charge is 0.462 e. The number of carbonyl (C=O) groups excluding carboxylic acids is 1. The molecular formula is C11H16O2. The van der Waals surface area contributed by atoms with Crippen molar-refractivity contribution < 1.29 is 9.53 Å². The lowest BCUT2D eigenvalue weighted by Crippen LogP contribution is -2.07. The predicted molar refractivity (Wildman–Crippen MR) is 54.3 cm³/mol. The van der Waals surface area contributed by atoms with Crippen LogP contribution in [0.15, 0.2) is 37.0 Å². The lowest BCUT2D eigenvalue weighted by atomic mass is 10.2. The molecule has 0 amide bonds. The molecule has 0 bridgehead atoms. The minimum Gasteiger partial charge on any atom is -0.462 e. The second-order valence-corrected chi connectivity index (χ2v) is 2.72. The van der Waals surface area contributed by atoms with Crippen LogP contribution in [-0.4, -0.2) is 12.6 Å². The Morgan fingerprint density at radius 3 is 2.77 bits per heavy atom. The van der Waals surface area contributed by atoms with E-state index < -0.39 is 0 Å². The van der Waals surface area contributed by atoms with Gasteiger partial charge in [0.15, 0.2) is 0 Å². The fourth-order valence-electron chi connectivity index (χ4n) is 0.693. The molecule has 1 atom stereocenters. The molecule has 0 saturated heterocycles. The average molecular weight is 180 g/mol. The summed E-state index contributed by atoms with van der Waals surface area (Å²) >= 11 is 0. The first kappa shape index (κ1) is 11.7. The van der Waals surface area contributed by atoms with E-state index in [4.69, 9.17) is 4.74 Å². The Bertz CT molecular complexity index is 214. The molecule has 72 valence electrons. The third-order valence-electron chi connectivity index (χ3n) is 1.40. The van der Waals surface area contributed by atoms with Gasteiger partial charge in [-0.05, 0) is 6.92 Å². The van der Waals surface area contributed by atoms with Gasteiger partial charge in [0, 0.05) is 12.0 Å². The Labute approximate surface area is 79.6 Å². The average Bonchev–Trinajstić information content (AvgIpc) is 2.14. The zero-order valence-corrected chi connectivity index (χ0v) is 8.19. The van der Waals surface area contributed by atoms with Crippen LogP contribution in [-0.2, 0) is 9.53 Å². The highest BCUT2D eigenvalue weighted by molar-refractivity contribution is 5.81. The first-order chi connectivity index (χ1) is 6.20. The highest BCUT2D eigenvalue weighted by Crippen LogP contribution is 1.98. The quantitative estimate of drug-likeness (QED) is 0.369. The van der Waals surface area contributed by atoms with Gasteiger partial charge >= 0.3 is 5.97 Å². The van der Waals surface area contributed by atoms with Gasteiger partial charge < -0.3 is 4.74 Å². The van der Waals surface area contributed by atoms with Crippen LogP contribution >= 0.6 is 0 Å². The number of esters is 1. The molecule has 0 rings (SSSR count). The van der Waals surface area contributed by atoms with E-state index in [0.717, 1.165) is 0 Å². The lowest BCUT2D eigenvalue weighted by molar-refractivity contribution is -0.138. The Morgan fingerprint density at radius 2 is 2.23 bits per heavy atom. The molecular weight excluding hydrogens is 164 g/mol. The number of carbonyl (C=O) groups is 1. The first-order valence-electron chi connectivity index (χ1n) is 4.29. The van der Waals surface area contributed by atoms with E-state index in [1.165, 1.54) is 6.08 Å². The van der Waals surface area contributed by atoms with Crippen molar-refractivity contribution in [1.82, 2.24) is 0 Å². The third-order valence-corrected chi connectivity index (χ3v) is 1.40. The predicted octanol–water partition coefficient (Wildman–Crippen LogP) is 2.48. The standard InChI is InChI=1S/C11H16O2/c1-4-6-7-8-10(3)9-13-11(12)5-2/h4-8,10H,2,9H2,1,3H3/b6-4+,8-7+. The van der Waals surface area contributed by atoms with Crippen molar-refractivity contribution in [3.05, 3.63) is 37.0 Å². The second-order valence-electron chi connectivity index (χ2n) is 2.72. The van der Waals surface area contributed by atoms with E-state index in [9.17, 15) is 4.79 Å². The normalized spacial score (nSPS) is 13.4. The molecule has 0 N–H and O–H groups in total. The van der Waals surface area contributed by atoms with Crippen molar-refractivity contribution in [2.45, 2.75) is 13.8 Å². The summed E-state index contributed by atoms with van der Waals surface area (Å²) in [5.41, 5.74) is 0. The van der Waals surface area contributed by atoms with Crippen LogP contribution in [0.25, 0.3) is 0 Å². The van der Waals surface area contributed by atoms with Crippen molar-refractivity contribution >= 4 is 5.97 Å². The first-order valence-corrected chi connectivity index (χ1v) is 4.29. The molecule has 0 aliphatic carbocycles. The van der Waals surface area contributed by atoms with Crippen LogP contribution in [0.4, 0.5) is 0 Å². The molecule has 0 saturated carbocycles. The highest BCUT2D eigenvalue weighted by atomic mass is 16.5. The van der Waals surface area contributed by atoms with Crippen molar-refractivity contribution in [3.63, 3.8) is 0 Å². The van der Waals surface area contributed by atoms with Crippen LogP contribution in [0.3, 0.4) is 0 Å². The Balaban J connectivity index is 3.68. The molecule has 13 heavy (non-hydrogen) atoms. The third kappa shape index (κ3) is 7.06. The Hall–Kier alpha value is -1.31. The summed E-state index contributed by atoms with van der Waals surface area (Å²) in [5.74, 6) is -0.133. The van der Waals surface area contributed by atoms with Crippen LogP contribution in [0.1, 0.15) is 13.8 Å². The van der Waals surface area contributed by atoms with Crippen molar-refractivity contribution in [3.8, 4) is 0 Å². The van der Waals surface area contributed by atoms with E-state index in [1.54, 1.807) is 0 Å². The topological polar surface area (TPSA) is 26.3 Å². The summed E-state index contributed by atoms with van der Waals surface area (Å²) < 4.78 is 4.85. The maximum Gasteiger partial charge on any atom is 0.330 e. The fourth-order valence-corrected chi connectivity index (χ4v) is 0.693. The molecule has 0 aliphatic rings. The zero-order valence-electron chi connectivity index (χ0n) is 8.19. The monoisotopic (exact) mass is 180 g/mol. The van der Waals surface area contributed by atoms with Crippen LogP contribution in [0.2, 0.25) is 0 Å². The van der Waals surface area contributed by atoms with E-state index in [-0.39, 0.29) is 11.9 Å². The van der Waals surface area contributed by atoms with Crippen LogP contribution in [0, 0.1) is 5.92 Å². The van der Waals surface area contributed by atoms with Gasteiger partial charge in [0.2, 0.25) is 0 Å². The second kappa shape index (κ2) is 7.35. The summed E-state index contributed by atoms with van der Waals surface area (Å²) in [4.78, 5) is 10.7. The summed E-state index contributed by atoms with van der Waals surface area (Å²) in [6, 6.07) is 0. The van der Waals surface area contributed by atoms with Gasteiger partial charge in [-0.1, -0.05) is 37.8 Å². The number of ether oxygens (including phenoxy) is 1. The molecule has 0 radical (unpaired) electrons. The molecule has 2 heteroatoms. The van der Waals surface area contributed by atoms with E-state index >= 15 is 0 Å². The maximum atomic E-state index is 10.7. The number of hydrogen-bond donors (Lipinski definition) is 0. The van der Waals surface area contributed by atoms with Gasteiger partial charge in [0.25, 0.3) is 0 Å². The Morgan fingerprint density at radius 1 is 1.54 bits per heavy atom. The molecule has 0 aromatic rings. The molecule has 0 aliphatic heterocycles. The van der Waals surface area contributed by atoms with Gasteiger partial charge in [-0.15, -0.1) is 0 Å². The number of rotatable bonds is 5. The summed E-state index contributed by atoms with van der Waals surface area (Å²) in [5, 5.41) is 0. The van der Waals surface area contributed by atoms with Crippen LogP contribution < -0.4 is 0 Å². The van der Waals surface area contributed by atoms with E-state index in [1.807, 2.05) is 38.2 Å². The molecule has 0 spiro atoms. The van der Waals surface area contributed by atoms with Crippen molar-refractivity contribution in [1.29, 1.82) is 0 Å². The maximum absolute atomic E-state index is 10.7. The summed E-state index contributed by atoms with van der Waals surface area (Å²) in [6.07, 6.45) is 8.97. The van der Waals surface area contributed by atoms with Gasteiger partial charge in [0.05, 0.1) is 6.61 Å². The fraction of sp³-hybridized carbons (Fsp3) is 0.364. The minimum atomic E-state index is -0.369. The minimum absolute atomic E-state index is 0.236. The van der Waals surface area contributed by atoms with E-state index in [2.05, 4.69) is 6.58 Å². The molecule has 0 heterocycles. The molecule has 1 unspecified atom stereocenters. The highest BCUT2D eigenvalue weighted by Gasteiger charge is 1.99. The Kier molecular flexibility index (Phi) is 6.60. The van der Waals surface area contributed by atoms with Gasteiger partial charge in [-0.3, -0.25) is 0 Å². The molecule has 0 aromatic carbocycles.